The first-order valence-electron chi connectivity index (χ1n) is 9.43. The third-order valence-corrected chi connectivity index (χ3v) is 4.32. The van der Waals surface area contributed by atoms with Gasteiger partial charge in [0.15, 0.2) is 0 Å². The van der Waals surface area contributed by atoms with Crippen LogP contribution in [0.3, 0.4) is 0 Å². The Morgan fingerprint density at radius 3 is 1.74 bits per heavy atom. The van der Waals surface area contributed by atoms with Crippen LogP contribution in [-0.4, -0.2) is 10.2 Å². The van der Waals surface area contributed by atoms with Crippen molar-refractivity contribution in [3.8, 4) is 11.5 Å². The normalized spacial score (nSPS) is 11.3. The minimum absolute atomic E-state index is 0.139. The van der Waals surface area contributed by atoms with Gasteiger partial charge in [-0.1, -0.05) is 89.4 Å². The first-order valence-corrected chi connectivity index (χ1v) is 9.43. The standard InChI is InChI=1S/C21H34O2/c1-2-3-4-5-6-7-8-9-10-11-12-13-14-16-19-20(22)17-15-18-21(19)23/h14-18,22-23H,2-13H2,1H3. The molecule has 2 N–H and O–H groups in total. The van der Waals surface area contributed by atoms with E-state index in [4.69, 9.17) is 0 Å². The highest BCUT2D eigenvalue weighted by Crippen LogP contribution is 2.27. The lowest BCUT2D eigenvalue weighted by Gasteiger charge is -2.02. The van der Waals surface area contributed by atoms with Crippen LogP contribution in [0.1, 0.15) is 89.5 Å². The number of aromatic hydroxyl groups is 2. The van der Waals surface area contributed by atoms with Gasteiger partial charge in [0.25, 0.3) is 0 Å². The van der Waals surface area contributed by atoms with E-state index in [9.17, 15) is 10.2 Å². The van der Waals surface area contributed by atoms with Gasteiger partial charge in [-0.3, -0.25) is 0 Å². The van der Waals surface area contributed by atoms with Crippen molar-refractivity contribution in [1.82, 2.24) is 0 Å². The molecule has 0 amide bonds. The number of hydrogen-bond donors (Lipinski definition) is 2. The zero-order valence-electron chi connectivity index (χ0n) is 14.8. The van der Waals surface area contributed by atoms with E-state index in [1.807, 2.05) is 12.2 Å². The molecular formula is C21H34O2. The van der Waals surface area contributed by atoms with E-state index in [0.717, 1.165) is 6.42 Å². The molecule has 1 aromatic rings. The quantitative estimate of drug-likeness (QED) is 0.392. The summed E-state index contributed by atoms with van der Waals surface area (Å²) < 4.78 is 0. The van der Waals surface area contributed by atoms with Gasteiger partial charge in [-0.25, -0.2) is 0 Å². The van der Waals surface area contributed by atoms with Crippen molar-refractivity contribution in [1.29, 1.82) is 0 Å². The van der Waals surface area contributed by atoms with E-state index < -0.39 is 0 Å². The lowest BCUT2D eigenvalue weighted by molar-refractivity contribution is 0.448. The highest BCUT2D eigenvalue weighted by atomic mass is 16.3. The summed E-state index contributed by atoms with van der Waals surface area (Å²) in [7, 11) is 0. The van der Waals surface area contributed by atoms with E-state index in [1.165, 1.54) is 70.6 Å². The van der Waals surface area contributed by atoms with Gasteiger partial charge in [0.2, 0.25) is 0 Å². The summed E-state index contributed by atoms with van der Waals surface area (Å²) in [6, 6.07) is 4.84. The van der Waals surface area contributed by atoms with Gasteiger partial charge in [-0.2, -0.15) is 0 Å². The number of phenols is 2. The SMILES string of the molecule is CCCCCCCCCCCCCC=Cc1c(O)cccc1O. The van der Waals surface area contributed by atoms with Crippen molar-refractivity contribution < 1.29 is 10.2 Å². The molecule has 0 unspecified atom stereocenters. The van der Waals surface area contributed by atoms with Crippen molar-refractivity contribution in [3.63, 3.8) is 0 Å². The number of rotatable bonds is 13. The Morgan fingerprint density at radius 2 is 1.22 bits per heavy atom. The summed E-state index contributed by atoms with van der Waals surface area (Å²) in [4.78, 5) is 0. The second-order valence-electron chi connectivity index (χ2n) is 6.44. The van der Waals surface area contributed by atoms with E-state index in [-0.39, 0.29) is 11.5 Å². The molecule has 0 aliphatic carbocycles. The van der Waals surface area contributed by atoms with E-state index in [2.05, 4.69) is 6.92 Å². The van der Waals surface area contributed by atoms with Crippen LogP contribution in [0.5, 0.6) is 11.5 Å². The van der Waals surface area contributed by atoms with Gasteiger partial charge in [0.05, 0.1) is 5.56 Å². The Labute approximate surface area is 142 Å². The van der Waals surface area contributed by atoms with Crippen LogP contribution >= 0.6 is 0 Å². The third-order valence-electron chi connectivity index (χ3n) is 4.32. The molecule has 23 heavy (non-hydrogen) atoms. The van der Waals surface area contributed by atoms with Gasteiger partial charge in [-0.15, -0.1) is 0 Å². The maximum absolute atomic E-state index is 9.67. The van der Waals surface area contributed by atoms with Crippen LogP contribution in [0.4, 0.5) is 0 Å². The first-order chi connectivity index (χ1) is 11.3. The Bertz CT molecular complexity index is 417. The molecule has 0 aromatic heterocycles. The van der Waals surface area contributed by atoms with E-state index in [1.54, 1.807) is 18.2 Å². The number of unbranched alkanes of at least 4 members (excludes halogenated alkanes) is 11. The minimum atomic E-state index is 0.139. The summed E-state index contributed by atoms with van der Waals surface area (Å²) >= 11 is 0. The molecule has 0 bridgehead atoms. The van der Waals surface area contributed by atoms with Crippen molar-refractivity contribution in [2.75, 3.05) is 0 Å². The molecule has 2 heteroatoms. The lowest BCUT2D eigenvalue weighted by atomic mass is 10.0. The Balaban J connectivity index is 1.96. The summed E-state index contributed by atoms with van der Waals surface area (Å²) in [5.41, 5.74) is 0.524. The average Bonchev–Trinajstić information content (AvgIpc) is 2.54. The number of allylic oxidation sites excluding steroid dienone is 1. The fourth-order valence-electron chi connectivity index (χ4n) is 2.84. The molecular weight excluding hydrogens is 284 g/mol. The van der Waals surface area contributed by atoms with Gasteiger partial charge >= 0.3 is 0 Å². The van der Waals surface area contributed by atoms with Crippen molar-refractivity contribution in [2.45, 2.75) is 84.0 Å². The summed E-state index contributed by atoms with van der Waals surface area (Å²) in [5, 5.41) is 19.3. The summed E-state index contributed by atoms with van der Waals surface area (Å²) in [5.74, 6) is 0.278. The van der Waals surface area contributed by atoms with Gasteiger partial charge in [-0.05, 0) is 25.0 Å². The van der Waals surface area contributed by atoms with Crippen molar-refractivity contribution >= 4 is 6.08 Å². The highest BCUT2D eigenvalue weighted by molar-refractivity contribution is 5.63. The van der Waals surface area contributed by atoms with Crippen LogP contribution in [-0.2, 0) is 0 Å². The molecule has 130 valence electrons. The fourth-order valence-corrected chi connectivity index (χ4v) is 2.84. The molecule has 0 spiro atoms. The first kappa shape index (κ1) is 19.6. The Morgan fingerprint density at radius 1 is 0.739 bits per heavy atom. The molecule has 1 rings (SSSR count). The highest BCUT2D eigenvalue weighted by Gasteiger charge is 2.01. The predicted molar refractivity (Wildman–Crippen MR) is 99.9 cm³/mol. The Kier molecular flexibility index (Phi) is 11.1. The van der Waals surface area contributed by atoms with Gasteiger partial charge < -0.3 is 10.2 Å². The fraction of sp³-hybridized carbons (Fsp3) is 0.619. The number of phenolic OH excluding ortho intramolecular Hbond substituents is 2. The molecule has 0 saturated carbocycles. The molecule has 0 aliphatic heterocycles. The molecule has 0 fully saturated rings. The monoisotopic (exact) mass is 318 g/mol. The van der Waals surface area contributed by atoms with Crippen molar-refractivity contribution in [2.24, 2.45) is 0 Å². The van der Waals surface area contributed by atoms with Crippen LogP contribution in [0, 0.1) is 0 Å². The zero-order valence-corrected chi connectivity index (χ0v) is 14.8. The van der Waals surface area contributed by atoms with Crippen LogP contribution in [0.2, 0.25) is 0 Å². The van der Waals surface area contributed by atoms with Crippen LogP contribution in [0.25, 0.3) is 6.08 Å². The smallest absolute Gasteiger partial charge is 0.126 e. The third kappa shape index (κ3) is 9.32. The molecule has 0 heterocycles. The summed E-state index contributed by atoms with van der Waals surface area (Å²) in [6.07, 6.45) is 19.7. The topological polar surface area (TPSA) is 40.5 Å². The largest absolute Gasteiger partial charge is 0.507 e. The average molecular weight is 319 g/mol. The second-order valence-corrected chi connectivity index (χ2v) is 6.44. The van der Waals surface area contributed by atoms with Gasteiger partial charge in [0.1, 0.15) is 11.5 Å². The maximum Gasteiger partial charge on any atom is 0.126 e. The molecule has 2 nitrogen and oxygen atoms in total. The molecule has 0 aliphatic rings. The van der Waals surface area contributed by atoms with Crippen LogP contribution in [0.15, 0.2) is 24.3 Å². The number of benzene rings is 1. The maximum atomic E-state index is 9.67. The van der Waals surface area contributed by atoms with E-state index >= 15 is 0 Å². The summed E-state index contributed by atoms with van der Waals surface area (Å²) in [6.45, 7) is 2.26. The number of hydrogen-bond acceptors (Lipinski definition) is 2. The van der Waals surface area contributed by atoms with E-state index in [0.29, 0.717) is 5.56 Å². The molecule has 0 radical (unpaired) electrons. The lowest BCUT2D eigenvalue weighted by Crippen LogP contribution is -1.82. The minimum Gasteiger partial charge on any atom is -0.507 e. The van der Waals surface area contributed by atoms with Gasteiger partial charge in [0, 0.05) is 0 Å². The Hall–Kier alpha value is -1.44. The van der Waals surface area contributed by atoms with Crippen LogP contribution < -0.4 is 0 Å². The molecule has 0 saturated heterocycles. The van der Waals surface area contributed by atoms with Crippen molar-refractivity contribution in [3.05, 3.63) is 29.8 Å². The molecule has 0 atom stereocenters. The second kappa shape index (κ2) is 13.0. The predicted octanol–water partition coefficient (Wildman–Crippen LogP) is 6.81. The molecule has 1 aromatic carbocycles. The zero-order chi connectivity index (χ0) is 16.8.